The molecule has 0 atom stereocenters. The standard InChI is InChI=1S/C9H15NO4/c1-6(11)10-9(8(13)14)4-2-7(12)3-5-9/h7,12H,2-5H2,1H3,(H,10,11)(H,13,14)/t7-,9+. The van der Waals surface area contributed by atoms with Crippen LogP contribution in [0.3, 0.4) is 0 Å². The maximum atomic E-state index is 11.0. The van der Waals surface area contributed by atoms with E-state index in [2.05, 4.69) is 5.32 Å². The van der Waals surface area contributed by atoms with Crippen molar-refractivity contribution in [3.05, 3.63) is 0 Å². The summed E-state index contributed by atoms with van der Waals surface area (Å²) in [5.74, 6) is -1.36. The second-order valence-electron chi connectivity index (χ2n) is 3.80. The van der Waals surface area contributed by atoms with Gasteiger partial charge in [-0.2, -0.15) is 0 Å². The Bertz CT molecular complexity index is 243. The van der Waals surface area contributed by atoms with Gasteiger partial charge in [0.25, 0.3) is 0 Å². The zero-order chi connectivity index (χ0) is 10.8. The van der Waals surface area contributed by atoms with Gasteiger partial charge in [-0.3, -0.25) is 4.79 Å². The molecule has 1 aliphatic carbocycles. The fourth-order valence-corrected chi connectivity index (χ4v) is 1.82. The number of carboxylic acids is 1. The summed E-state index contributed by atoms with van der Waals surface area (Å²) in [6.07, 6.45) is 1.00. The van der Waals surface area contributed by atoms with Crippen molar-refractivity contribution in [3.8, 4) is 0 Å². The molecule has 0 saturated heterocycles. The molecule has 1 amide bonds. The van der Waals surface area contributed by atoms with Crippen LogP contribution in [0.4, 0.5) is 0 Å². The lowest BCUT2D eigenvalue weighted by molar-refractivity contribution is -0.150. The number of carboxylic acid groups (broad SMARTS) is 1. The van der Waals surface area contributed by atoms with Crippen molar-refractivity contribution in [2.75, 3.05) is 0 Å². The molecule has 0 unspecified atom stereocenters. The normalized spacial score (nSPS) is 32.3. The summed E-state index contributed by atoms with van der Waals surface area (Å²) in [5.41, 5.74) is -1.16. The van der Waals surface area contributed by atoms with Gasteiger partial charge in [0, 0.05) is 6.92 Å². The van der Waals surface area contributed by atoms with Gasteiger partial charge in [-0.15, -0.1) is 0 Å². The molecule has 1 fully saturated rings. The Balaban J connectivity index is 2.73. The maximum Gasteiger partial charge on any atom is 0.329 e. The highest BCUT2D eigenvalue weighted by molar-refractivity contribution is 5.86. The van der Waals surface area contributed by atoms with E-state index in [4.69, 9.17) is 5.11 Å². The molecule has 0 spiro atoms. The monoisotopic (exact) mass is 201 g/mol. The quantitative estimate of drug-likeness (QED) is 0.581. The van der Waals surface area contributed by atoms with E-state index in [1.807, 2.05) is 0 Å². The van der Waals surface area contributed by atoms with Crippen LogP contribution in [-0.4, -0.2) is 33.7 Å². The fraction of sp³-hybridized carbons (Fsp3) is 0.778. The van der Waals surface area contributed by atoms with E-state index in [-0.39, 0.29) is 5.91 Å². The Kier molecular flexibility index (Phi) is 3.10. The number of amides is 1. The van der Waals surface area contributed by atoms with Crippen molar-refractivity contribution in [2.45, 2.75) is 44.2 Å². The minimum atomic E-state index is -1.16. The number of aliphatic hydroxyl groups is 1. The van der Waals surface area contributed by atoms with Crippen molar-refractivity contribution in [2.24, 2.45) is 0 Å². The molecule has 5 heteroatoms. The SMILES string of the molecule is CC(=O)N[C@]1(C(=O)O)CC[C@H](O)CC1. The smallest absolute Gasteiger partial charge is 0.329 e. The van der Waals surface area contributed by atoms with Crippen molar-refractivity contribution >= 4 is 11.9 Å². The molecule has 80 valence electrons. The second-order valence-corrected chi connectivity index (χ2v) is 3.80. The Morgan fingerprint density at radius 3 is 2.21 bits per heavy atom. The first kappa shape index (κ1) is 11.0. The number of rotatable bonds is 2. The highest BCUT2D eigenvalue weighted by Crippen LogP contribution is 2.28. The molecule has 0 aromatic rings. The van der Waals surface area contributed by atoms with Gasteiger partial charge in [0.1, 0.15) is 5.54 Å². The molecular formula is C9H15NO4. The van der Waals surface area contributed by atoms with E-state index in [1.54, 1.807) is 0 Å². The largest absolute Gasteiger partial charge is 0.480 e. The zero-order valence-electron chi connectivity index (χ0n) is 8.12. The highest BCUT2D eigenvalue weighted by Gasteiger charge is 2.42. The zero-order valence-corrected chi connectivity index (χ0v) is 8.12. The average Bonchev–Trinajstić information content (AvgIpc) is 2.08. The maximum absolute atomic E-state index is 11.0. The molecule has 1 rings (SSSR count). The van der Waals surface area contributed by atoms with Gasteiger partial charge in [0.15, 0.2) is 0 Å². The molecule has 0 heterocycles. The summed E-state index contributed by atoms with van der Waals surface area (Å²) < 4.78 is 0. The fourth-order valence-electron chi connectivity index (χ4n) is 1.82. The molecule has 3 N–H and O–H groups in total. The molecule has 0 aromatic carbocycles. The topological polar surface area (TPSA) is 86.6 Å². The second kappa shape index (κ2) is 3.96. The number of hydrogen-bond acceptors (Lipinski definition) is 3. The van der Waals surface area contributed by atoms with E-state index in [9.17, 15) is 14.7 Å². The van der Waals surface area contributed by atoms with Crippen LogP contribution in [0.1, 0.15) is 32.6 Å². The van der Waals surface area contributed by atoms with Gasteiger partial charge in [-0.1, -0.05) is 0 Å². The third kappa shape index (κ3) is 2.23. The molecule has 0 aromatic heterocycles. The lowest BCUT2D eigenvalue weighted by Gasteiger charge is -2.35. The van der Waals surface area contributed by atoms with Crippen molar-refractivity contribution < 1.29 is 19.8 Å². The van der Waals surface area contributed by atoms with Crippen LogP contribution in [0.15, 0.2) is 0 Å². The van der Waals surface area contributed by atoms with Gasteiger partial charge in [-0.25, -0.2) is 4.79 Å². The van der Waals surface area contributed by atoms with E-state index in [1.165, 1.54) is 6.92 Å². The average molecular weight is 201 g/mol. The van der Waals surface area contributed by atoms with Gasteiger partial charge in [0.2, 0.25) is 5.91 Å². The van der Waals surface area contributed by atoms with Crippen molar-refractivity contribution in [1.29, 1.82) is 0 Å². The Morgan fingerprint density at radius 2 is 1.86 bits per heavy atom. The van der Waals surface area contributed by atoms with E-state index in [0.717, 1.165) is 0 Å². The summed E-state index contributed by atoms with van der Waals surface area (Å²) in [7, 11) is 0. The molecule has 0 radical (unpaired) electrons. The minimum Gasteiger partial charge on any atom is -0.480 e. The Morgan fingerprint density at radius 1 is 1.36 bits per heavy atom. The van der Waals surface area contributed by atoms with Crippen LogP contribution < -0.4 is 5.32 Å². The van der Waals surface area contributed by atoms with Crippen LogP contribution in [0.2, 0.25) is 0 Å². The summed E-state index contributed by atoms with van der Waals surface area (Å²) >= 11 is 0. The molecule has 14 heavy (non-hydrogen) atoms. The van der Waals surface area contributed by atoms with Crippen LogP contribution >= 0.6 is 0 Å². The number of nitrogens with one attached hydrogen (secondary N) is 1. The van der Waals surface area contributed by atoms with Gasteiger partial charge in [0.05, 0.1) is 6.10 Å². The van der Waals surface area contributed by atoms with Gasteiger partial charge in [-0.05, 0) is 25.7 Å². The van der Waals surface area contributed by atoms with Crippen molar-refractivity contribution in [3.63, 3.8) is 0 Å². The predicted molar refractivity (Wildman–Crippen MR) is 48.7 cm³/mol. The molecular weight excluding hydrogens is 186 g/mol. The van der Waals surface area contributed by atoms with Crippen molar-refractivity contribution in [1.82, 2.24) is 5.32 Å². The third-order valence-corrected chi connectivity index (χ3v) is 2.63. The van der Waals surface area contributed by atoms with Gasteiger partial charge < -0.3 is 15.5 Å². The first-order valence-electron chi connectivity index (χ1n) is 4.66. The summed E-state index contributed by atoms with van der Waals surface area (Å²) in [4.78, 5) is 21.9. The minimum absolute atomic E-state index is 0.295. The molecule has 1 aliphatic rings. The summed E-state index contributed by atoms with van der Waals surface area (Å²) in [5, 5.41) is 20.7. The van der Waals surface area contributed by atoms with E-state index < -0.39 is 17.6 Å². The Hall–Kier alpha value is -1.10. The number of carbonyl (C=O) groups is 2. The first-order valence-corrected chi connectivity index (χ1v) is 4.66. The predicted octanol–water partition coefficient (Wildman–Crippen LogP) is -0.119. The summed E-state index contributed by atoms with van der Waals surface area (Å²) in [6.45, 7) is 1.30. The Labute approximate surface area is 82.1 Å². The lowest BCUT2D eigenvalue weighted by Crippen LogP contribution is -2.56. The number of carbonyl (C=O) groups excluding carboxylic acids is 1. The molecule has 1 saturated carbocycles. The molecule has 0 bridgehead atoms. The molecule has 5 nitrogen and oxygen atoms in total. The van der Waals surface area contributed by atoms with E-state index >= 15 is 0 Å². The van der Waals surface area contributed by atoms with Crippen LogP contribution in [0.25, 0.3) is 0 Å². The highest BCUT2D eigenvalue weighted by atomic mass is 16.4. The molecule has 0 aliphatic heterocycles. The van der Waals surface area contributed by atoms with Crippen LogP contribution in [0, 0.1) is 0 Å². The third-order valence-electron chi connectivity index (χ3n) is 2.63. The number of aliphatic carboxylic acids is 1. The van der Waals surface area contributed by atoms with Crippen LogP contribution in [-0.2, 0) is 9.59 Å². The first-order chi connectivity index (χ1) is 6.46. The number of hydrogen-bond donors (Lipinski definition) is 3. The number of aliphatic hydroxyl groups excluding tert-OH is 1. The lowest BCUT2D eigenvalue weighted by atomic mass is 9.80. The summed E-state index contributed by atoms with van der Waals surface area (Å²) in [6, 6.07) is 0. The van der Waals surface area contributed by atoms with Crippen LogP contribution in [0.5, 0.6) is 0 Å². The van der Waals surface area contributed by atoms with Gasteiger partial charge >= 0.3 is 5.97 Å². The van der Waals surface area contributed by atoms with E-state index in [0.29, 0.717) is 25.7 Å².